The Morgan fingerprint density at radius 1 is 1.38 bits per heavy atom. The topological polar surface area (TPSA) is 55.6 Å². The summed E-state index contributed by atoms with van der Waals surface area (Å²) in [5.74, 6) is 2.11. The average Bonchev–Trinajstić information content (AvgIpc) is 3.24. The Kier molecular flexibility index (Phi) is 4.88. The molecule has 0 aliphatic carbocycles. The molecule has 5 nitrogen and oxygen atoms in total. The van der Waals surface area contributed by atoms with Crippen LogP contribution in [0.25, 0.3) is 0 Å². The maximum absolute atomic E-state index is 12.7. The Labute approximate surface area is 142 Å². The number of rotatable bonds is 5. The van der Waals surface area contributed by atoms with E-state index in [1.54, 1.807) is 7.11 Å². The normalized spacial score (nSPS) is 17.5. The molecule has 0 N–H and O–H groups in total. The van der Waals surface area contributed by atoms with E-state index in [2.05, 4.69) is 19.0 Å². The van der Waals surface area contributed by atoms with Gasteiger partial charge in [-0.3, -0.25) is 4.79 Å². The molecule has 1 saturated heterocycles. The van der Waals surface area contributed by atoms with Gasteiger partial charge in [0.25, 0.3) is 0 Å². The Morgan fingerprint density at radius 3 is 2.75 bits per heavy atom. The molecular formula is C19H24N2O3. The first-order valence-corrected chi connectivity index (χ1v) is 8.47. The smallest absolute Gasteiger partial charge is 0.227 e. The summed E-state index contributed by atoms with van der Waals surface area (Å²) in [5, 5.41) is 4.20. The molecule has 5 heteroatoms. The zero-order chi connectivity index (χ0) is 17.1. The van der Waals surface area contributed by atoms with E-state index in [1.165, 1.54) is 0 Å². The summed E-state index contributed by atoms with van der Waals surface area (Å²) < 4.78 is 10.6. The highest BCUT2D eigenvalue weighted by atomic mass is 16.5. The zero-order valence-electron chi connectivity index (χ0n) is 14.5. The van der Waals surface area contributed by atoms with Crippen molar-refractivity contribution in [3.63, 3.8) is 0 Å². The number of nitrogens with zero attached hydrogens (tertiary/aromatic N) is 2. The van der Waals surface area contributed by atoms with Crippen molar-refractivity contribution < 1.29 is 14.1 Å². The summed E-state index contributed by atoms with van der Waals surface area (Å²) >= 11 is 0. The second-order valence-electron chi connectivity index (χ2n) is 6.58. The summed E-state index contributed by atoms with van der Waals surface area (Å²) in [7, 11) is 1.64. The lowest BCUT2D eigenvalue weighted by atomic mass is 10.1. The van der Waals surface area contributed by atoms with Crippen molar-refractivity contribution in [3.05, 3.63) is 47.3 Å². The molecule has 1 amide bonds. The van der Waals surface area contributed by atoms with Gasteiger partial charge in [0.1, 0.15) is 17.2 Å². The Balaban J connectivity index is 1.70. The number of hydrogen-bond donors (Lipinski definition) is 0. The number of carbonyl (C=O) groups is 1. The lowest BCUT2D eigenvalue weighted by molar-refractivity contribution is -0.131. The maximum atomic E-state index is 12.7. The second-order valence-corrected chi connectivity index (χ2v) is 6.58. The van der Waals surface area contributed by atoms with Crippen molar-refractivity contribution in [1.29, 1.82) is 0 Å². The van der Waals surface area contributed by atoms with Gasteiger partial charge in [0.2, 0.25) is 5.91 Å². The third-order valence-corrected chi connectivity index (χ3v) is 4.54. The fourth-order valence-electron chi connectivity index (χ4n) is 3.13. The largest absolute Gasteiger partial charge is 0.497 e. The number of benzene rings is 1. The Bertz CT molecular complexity index is 691. The Hall–Kier alpha value is -2.30. The third kappa shape index (κ3) is 3.45. The van der Waals surface area contributed by atoms with E-state index >= 15 is 0 Å². The molecule has 1 aliphatic rings. The van der Waals surface area contributed by atoms with Gasteiger partial charge >= 0.3 is 0 Å². The number of carbonyl (C=O) groups excluding carboxylic acids is 1. The van der Waals surface area contributed by atoms with Crippen LogP contribution in [0.3, 0.4) is 0 Å². The van der Waals surface area contributed by atoms with Crippen molar-refractivity contribution in [2.24, 2.45) is 0 Å². The van der Waals surface area contributed by atoms with E-state index in [0.717, 1.165) is 42.2 Å². The highest BCUT2D eigenvalue weighted by Crippen LogP contribution is 2.33. The van der Waals surface area contributed by atoms with Crippen LogP contribution < -0.4 is 4.74 Å². The van der Waals surface area contributed by atoms with E-state index < -0.39 is 0 Å². The first-order chi connectivity index (χ1) is 11.6. The summed E-state index contributed by atoms with van der Waals surface area (Å²) in [6, 6.07) is 9.68. The molecule has 2 heterocycles. The van der Waals surface area contributed by atoms with Gasteiger partial charge in [-0.1, -0.05) is 31.1 Å². The zero-order valence-corrected chi connectivity index (χ0v) is 14.5. The van der Waals surface area contributed by atoms with E-state index in [0.29, 0.717) is 12.3 Å². The lowest BCUT2D eigenvalue weighted by Gasteiger charge is -2.23. The van der Waals surface area contributed by atoms with Crippen LogP contribution in [0.1, 0.15) is 55.7 Å². The third-order valence-electron chi connectivity index (χ3n) is 4.54. The average molecular weight is 328 g/mol. The molecule has 1 atom stereocenters. The molecule has 0 unspecified atom stereocenters. The summed E-state index contributed by atoms with van der Waals surface area (Å²) in [5.41, 5.74) is 1.87. The molecule has 2 aromatic rings. The molecule has 0 spiro atoms. The van der Waals surface area contributed by atoms with Gasteiger partial charge in [0.05, 0.1) is 19.6 Å². The number of amides is 1. The minimum Gasteiger partial charge on any atom is -0.497 e. The number of methoxy groups -OCH3 is 1. The van der Waals surface area contributed by atoms with E-state index in [-0.39, 0.29) is 11.9 Å². The fraction of sp³-hybridized carbons (Fsp3) is 0.474. The van der Waals surface area contributed by atoms with Crippen LogP contribution in [0.5, 0.6) is 5.75 Å². The van der Waals surface area contributed by atoms with E-state index in [1.807, 2.05) is 35.2 Å². The molecule has 24 heavy (non-hydrogen) atoms. The van der Waals surface area contributed by atoms with Crippen LogP contribution in [0, 0.1) is 0 Å². The molecule has 0 bridgehead atoms. The maximum Gasteiger partial charge on any atom is 0.227 e. The predicted molar refractivity (Wildman–Crippen MR) is 91.0 cm³/mol. The summed E-state index contributed by atoms with van der Waals surface area (Å²) in [4.78, 5) is 14.7. The van der Waals surface area contributed by atoms with Gasteiger partial charge in [-0.15, -0.1) is 0 Å². The predicted octanol–water partition coefficient (Wildman–Crippen LogP) is 3.71. The number of ether oxygens (including phenoxy) is 1. The van der Waals surface area contributed by atoms with Gasteiger partial charge in [0.15, 0.2) is 0 Å². The summed E-state index contributed by atoms with van der Waals surface area (Å²) in [6.07, 6.45) is 2.34. The number of hydrogen-bond acceptors (Lipinski definition) is 4. The van der Waals surface area contributed by atoms with Crippen molar-refractivity contribution >= 4 is 5.91 Å². The summed E-state index contributed by atoms with van der Waals surface area (Å²) in [6.45, 7) is 4.93. The fourth-order valence-corrected chi connectivity index (χ4v) is 3.13. The highest BCUT2D eigenvalue weighted by Gasteiger charge is 2.32. The van der Waals surface area contributed by atoms with Crippen molar-refractivity contribution in [3.8, 4) is 5.75 Å². The van der Waals surface area contributed by atoms with Crippen LogP contribution in [-0.2, 0) is 11.2 Å². The molecule has 1 aromatic carbocycles. The van der Waals surface area contributed by atoms with Gasteiger partial charge in [-0.2, -0.15) is 0 Å². The van der Waals surface area contributed by atoms with Crippen LogP contribution in [0.4, 0.5) is 0 Å². The monoisotopic (exact) mass is 328 g/mol. The molecule has 128 valence electrons. The second kappa shape index (κ2) is 7.07. The first kappa shape index (κ1) is 16.6. The van der Waals surface area contributed by atoms with Crippen molar-refractivity contribution in [2.45, 2.75) is 45.1 Å². The highest BCUT2D eigenvalue weighted by molar-refractivity contribution is 5.79. The molecule has 1 aliphatic heterocycles. The van der Waals surface area contributed by atoms with Crippen LogP contribution >= 0.6 is 0 Å². The van der Waals surface area contributed by atoms with Gasteiger partial charge in [0, 0.05) is 18.5 Å². The SMILES string of the molecule is COc1ccc(CC(=O)N2CCC[C@@H]2c2cc(C(C)C)on2)cc1. The van der Waals surface area contributed by atoms with Crippen LogP contribution in [-0.4, -0.2) is 29.6 Å². The minimum absolute atomic E-state index is 0.0343. The standard InChI is InChI=1S/C19H24N2O3/c1-13(2)18-12-16(20-24-18)17-5-4-10-21(17)19(22)11-14-6-8-15(23-3)9-7-14/h6-9,12-13,17H,4-5,10-11H2,1-3H3/t17-/m1/s1. The molecule has 1 aromatic heterocycles. The Morgan fingerprint density at radius 2 is 2.12 bits per heavy atom. The van der Waals surface area contributed by atoms with Gasteiger partial charge < -0.3 is 14.2 Å². The van der Waals surface area contributed by atoms with E-state index in [9.17, 15) is 4.79 Å². The first-order valence-electron chi connectivity index (χ1n) is 8.47. The quantitative estimate of drug-likeness (QED) is 0.839. The number of aromatic nitrogens is 1. The van der Waals surface area contributed by atoms with Gasteiger partial charge in [-0.25, -0.2) is 0 Å². The van der Waals surface area contributed by atoms with Crippen molar-refractivity contribution in [1.82, 2.24) is 10.1 Å². The van der Waals surface area contributed by atoms with Crippen molar-refractivity contribution in [2.75, 3.05) is 13.7 Å². The molecule has 0 radical (unpaired) electrons. The molecule has 3 rings (SSSR count). The van der Waals surface area contributed by atoms with E-state index in [4.69, 9.17) is 9.26 Å². The minimum atomic E-state index is 0.0343. The lowest BCUT2D eigenvalue weighted by Crippen LogP contribution is -2.32. The number of likely N-dealkylation sites (tertiary alicyclic amines) is 1. The van der Waals surface area contributed by atoms with Crippen LogP contribution in [0.15, 0.2) is 34.9 Å². The molecule has 0 saturated carbocycles. The molecular weight excluding hydrogens is 304 g/mol. The van der Waals surface area contributed by atoms with Crippen LogP contribution in [0.2, 0.25) is 0 Å². The van der Waals surface area contributed by atoms with Gasteiger partial charge in [-0.05, 0) is 30.5 Å². The molecule has 1 fully saturated rings.